The minimum Gasteiger partial charge on any atom is -0.385 e. The minimum absolute atomic E-state index is 0.115. The van der Waals surface area contributed by atoms with Gasteiger partial charge in [0.1, 0.15) is 0 Å². The van der Waals surface area contributed by atoms with Crippen LogP contribution in [0.1, 0.15) is 35.7 Å². The first-order valence-electron chi connectivity index (χ1n) is 9.58. The number of carbonyl (C=O) groups is 1. The van der Waals surface area contributed by atoms with Crippen LogP contribution >= 0.6 is 0 Å². The highest BCUT2D eigenvalue weighted by molar-refractivity contribution is 5.93. The molecular formula is C22H26N4O3. The fraction of sp³-hybridized carbons (Fsp3) is 0.318. The van der Waals surface area contributed by atoms with Gasteiger partial charge in [-0.2, -0.15) is 0 Å². The van der Waals surface area contributed by atoms with Crippen LogP contribution in [-0.2, 0) is 4.74 Å². The van der Waals surface area contributed by atoms with E-state index in [0.717, 1.165) is 18.4 Å². The average molecular weight is 394 g/mol. The summed E-state index contributed by atoms with van der Waals surface area (Å²) < 4.78 is 6.40. The van der Waals surface area contributed by atoms with Crippen molar-refractivity contribution in [3.05, 3.63) is 75.9 Å². The first kappa shape index (κ1) is 20.5. The molecule has 1 aliphatic rings. The maximum atomic E-state index is 12.8. The number of nitrogens with one attached hydrogen (secondary N) is 1. The number of methoxy groups -OCH3 is 1. The van der Waals surface area contributed by atoms with Crippen LogP contribution < -0.4 is 5.56 Å². The first-order valence-corrected chi connectivity index (χ1v) is 9.58. The van der Waals surface area contributed by atoms with Crippen LogP contribution in [0.25, 0.3) is 11.4 Å². The number of carbonyl (C=O) groups excluding carboxylic acids is 1. The molecule has 3 rings (SSSR count). The summed E-state index contributed by atoms with van der Waals surface area (Å²) in [4.78, 5) is 31.3. The van der Waals surface area contributed by atoms with Crippen molar-refractivity contribution >= 4 is 11.5 Å². The van der Waals surface area contributed by atoms with Crippen LogP contribution in [0.4, 0.5) is 0 Å². The molecule has 0 spiro atoms. The molecule has 2 aromatic rings. The second-order valence-corrected chi connectivity index (χ2v) is 6.98. The van der Waals surface area contributed by atoms with Crippen molar-refractivity contribution in [1.29, 1.82) is 0 Å². The highest BCUT2D eigenvalue weighted by Gasteiger charge is 2.15. The average Bonchev–Trinajstić information content (AvgIpc) is 2.97. The molecule has 0 bridgehead atoms. The zero-order valence-electron chi connectivity index (χ0n) is 17.0. The van der Waals surface area contributed by atoms with Crippen LogP contribution in [0.3, 0.4) is 0 Å². The van der Waals surface area contributed by atoms with E-state index in [-0.39, 0.29) is 11.5 Å². The Morgan fingerprint density at radius 3 is 2.86 bits per heavy atom. The second-order valence-electron chi connectivity index (χ2n) is 6.98. The molecule has 0 atom stereocenters. The molecule has 29 heavy (non-hydrogen) atoms. The molecule has 7 heteroatoms. The lowest BCUT2D eigenvalue weighted by atomic mass is 10.1. The summed E-state index contributed by atoms with van der Waals surface area (Å²) in [7, 11) is 3.39. The van der Waals surface area contributed by atoms with Gasteiger partial charge in [-0.1, -0.05) is 29.9 Å². The van der Waals surface area contributed by atoms with Crippen LogP contribution in [0.2, 0.25) is 0 Å². The van der Waals surface area contributed by atoms with E-state index in [2.05, 4.69) is 16.2 Å². The van der Waals surface area contributed by atoms with Crippen molar-refractivity contribution in [3.8, 4) is 5.82 Å². The predicted octanol–water partition coefficient (Wildman–Crippen LogP) is 2.96. The molecule has 1 amide bonds. The van der Waals surface area contributed by atoms with Crippen molar-refractivity contribution in [2.24, 2.45) is 0 Å². The number of rotatable bonds is 7. The van der Waals surface area contributed by atoms with E-state index in [1.807, 2.05) is 25.2 Å². The lowest BCUT2D eigenvalue weighted by Gasteiger charge is -2.16. The number of hydrogen-bond donors (Lipinski definition) is 1. The van der Waals surface area contributed by atoms with Gasteiger partial charge in [0.05, 0.1) is 11.1 Å². The van der Waals surface area contributed by atoms with Gasteiger partial charge in [0.2, 0.25) is 0 Å². The number of nitrogens with zero attached hydrogens (tertiary/aromatic N) is 3. The first-order chi connectivity index (χ1) is 14.0. The molecule has 0 radical (unpaired) electrons. The molecule has 0 aromatic carbocycles. The molecule has 7 nitrogen and oxygen atoms in total. The quantitative estimate of drug-likeness (QED) is 0.732. The fourth-order valence-electron chi connectivity index (χ4n) is 3.09. The SMILES string of the molecule is COCCCN(C)C(=O)c1ccc(-n2[nH]cc(C3=CCC=C(C)C=C3)c2=O)nc1. The Morgan fingerprint density at radius 1 is 1.31 bits per heavy atom. The van der Waals surface area contributed by atoms with Crippen molar-refractivity contribution in [3.63, 3.8) is 0 Å². The van der Waals surface area contributed by atoms with Gasteiger partial charge >= 0.3 is 0 Å². The summed E-state index contributed by atoms with van der Waals surface area (Å²) in [5.74, 6) is 0.323. The molecule has 2 aromatic heterocycles. The zero-order chi connectivity index (χ0) is 20.8. The van der Waals surface area contributed by atoms with E-state index in [4.69, 9.17) is 4.74 Å². The van der Waals surface area contributed by atoms with E-state index in [1.54, 1.807) is 37.4 Å². The van der Waals surface area contributed by atoms with Gasteiger partial charge in [-0.3, -0.25) is 14.7 Å². The molecule has 0 unspecified atom stereocenters. The standard InChI is InChI=1S/C22H26N4O3/c1-16-6-4-7-17(9-8-16)19-15-24-26(22(19)28)20-11-10-18(14-23-20)21(27)25(2)12-5-13-29-3/h6-11,14-15,24H,4-5,12-13H2,1-3H3. The van der Waals surface area contributed by atoms with Crippen molar-refractivity contribution in [2.75, 3.05) is 27.3 Å². The number of aromatic amines is 1. The Hall–Kier alpha value is -3.19. The highest BCUT2D eigenvalue weighted by Crippen LogP contribution is 2.18. The number of pyridine rings is 1. The zero-order valence-corrected chi connectivity index (χ0v) is 17.0. The summed E-state index contributed by atoms with van der Waals surface area (Å²) in [6, 6.07) is 3.35. The van der Waals surface area contributed by atoms with Gasteiger partial charge < -0.3 is 9.64 Å². The van der Waals surface area contributed by atoms with Crippen LogP contribution in [0.5, 0.6) is 0 Å². The number of ether oxygens (including phenoxy) is 1. The van der Waals surface area contributed by atoms with Gasteiger partial charge in [-0.05, 0) is 37.5 Å². The molecule has 1 aliphatic carbocycles. The topological polar surface area (TPSA) is 80.2 Å². The van der Waals surface area contributed by atoms with E-state index in [1.165, 1.54) is 16.5 Å². The highest BCUT2D eigenvalue weighted by atomic mass is 16.5. The summed E-state index contributed by atoms with van der Waals surface area (Å²) in [6.45, 7) is 3.24. The van der Waals surface area contributed by atoms with Crippen molar-refractivity contribution in [2.45, 2.75) is 19.8 Å². The molecular weight excluding hydrogens is 368 g/mol. The van der Waals surface area contributed by atoms with Crippen LogP contribution in [-0.4, -0.2) is 52.9 Å². The van der Waals surface area contributed by atoms with Crippen molar-refractivity contribution < 1.29 is 9.53 Å². The van der Waals surface area contributed by atoms with Crippen LogP contribution in [0, 0.1) is 0 Å². The number of amides is 1. The van der Waals surface area contributed by atoms with Gasteiger partial charge in [0.15, 0.2) is 5.82 Å². The van der Waals surface area contributed by atoms with Crippen molar-refractivity contribution in [1.82, 2.24) is 19.7 Å². The summed E-state index contributed by atoms with van der Waals surface area (Å²) in [6.07, 6.45) is 12.8. The number of allylic oxidation sites excluding steroid dienone is 6. The molecule has 0 saturated heterocycles. The van der Waals surface area contributed by atoms with Gasteiger partial charge in [0, 0.05) is 39.7 Å². The van der Waals surface area contributed by atoms with Gasteiger partial charge in [0.25, 0.3) is 11.5 Å². The third kappa shape index (κ3) is 4.81. The normalized spacial score (nSPS) is 13.6. The third-order valence-corrected chi connectivity index (χ3v) is 4.80. The molecule has 0 saturated carbocycles. The van der Waals surface area contributed by atoms with Gasteiger partial charge in [-0.25, -0.2) is 9.67 Å². The van der Waals surface area contributed by atoms with Gasteiger partial charge in [-0.15, -0.1) is 0 Å². The fourth-order valence-corrected chi connectivity index (χ4v) is 3.09. The molecule has 152 valence electrons. The Bertz CT molecular complexity index is 1010. The van der Waals surface area contributed by atoms with E-state index in [9.17, 15) is 9.59 Å². The predicted molar refractivity (Wildman–Crippen MR) is 113 cm³/mol. The molecule has 0 aliphatic heterocycles. The Labute approximate surface area is 170 Å². The summed E-state index contributed by atoms with van der Waals surface area (Å²) in [5, 5.41) is 2.97. The Kier molecular flexibility index (Phi) is 6.61. The second kappa shape index (κ2) is 9.34. The third-order valence-electron chi connectivity index (χ3n) is 4.80. The summed E-state index contributed by atoms with van der Waals surface area (Å²) >= 11 is 0. The van der Waals surface area contributed by atoms with E-state index in [0.29, 0.717) is 30.1 Å². The van der Waals surface area contributed by atoms with E-state index >= 15 is 0 Å². The molecule has 2 heterocycles. The summed E-state index contributed by atoms with van der Waals surface area (Å²) in [5.41, 5.74) is 2.93. The number of H-pyrrole nitrogens is 1. The molecule has 1 N–H and O–H groups in total. The maximum Gasteiger partial charge on any atom is 0.280 e. The number of aromatic nitrogens is 3. The number of hydrogen-bond acceptors (Lipinski definition) is 4. The monoisotopic (exact) mass is 394 g/mol. The largest absolute Gasteiger partial charge is 0.385 e. The lowest BCUT2D eigenvalue weighted by molar-refractivity contribution is 0.0779. The molecule has 0 fully saturated rings. The van der Waals surface area contributed by atoms with E-state index < -0.39 is 0 Å². The van der Waals surface area contributed by atoms with Crippen LogP contribution in [0.15, 0.2) is 59.2 Å². The Morgan fingerprint density at radius 2 is 2.14 bits per heavy atom. The maximum absolute atomic E-state index is 12.8. The minimum atomic E-state index is -0.177. The lowest BCUT2D eigenvalue weighted by Crippen LogP contribution is -2.28. The smallest absolute Gasteiger partial charge is 0.280 e. The Balaban J connectivity index is 1.77.